The third-order valence-corrected chi connectivity index (χ3v) is 3.57. The zero-order valence-corrected chi connectivity index (χ0v) is 9.89. The Morgan fingerprint density at radius 1 is 1.50 bits per heavy atom. The first-order valence-electron chi connectivity index (χ1n) is 5.69. The molecule has 4 heteroatoms. The van der Waals surface area contributed by atoms with Gasteiger partial charge in [-0.05, 0) is 36.8 Å². The Labute approximate surface area is 98.9 Å². The Balaban J connectivity index is 1.59. The Morgan fingerprint density at radius 2 is 2.44 bits per heavy atom. The van der Waals surface area contributed by atoms with Crippen molar-refractivity contribution >= 4 is 11.3 Å². The summed E-state index contributed by atoms with van der Waals surface area (Å²) in [5.41, 5.74) is 2.34. The summed E-state index contributed by atoms with van der Waals surface area (Å²) in [5, 5.41) is 7.65. The molecule has 0 amide bonds. The normalized spacial score (nSPS) is 15.5. The highest BCUT2D eigenvalue weighted by atomic mass is 32.1. The maximum absolute atomic E-state index is 4.38. The van der Waals surface area contributed by atoms with Crippen LogP contribution < -0.4 is 5.32 Å². The number of H-pyrrole nitrogens is 1. The van der Waals surface area contributed by atoms with Crippen molar-refractivity contribution in [2.24, 2.45) is 5.92 Å². The molecule has 16 heavy (non-hydrogen) atoms. The van der Waals surface area contributed by atoms with E-state index in [1.54, 1.807) is 11.3 Å². The van der Waals surface area contributed by atoms with Crippen LogP contribution in [-0.4, -0.2) is 16.5 Å². The molecular weight excluding hydrogens is 218 g/mol. The minimum atomic E-state index is 0.848. The fourth-order valence-electron chi connectivity index (χ4n) is 1.73. The molecule has 84 valence electrons. The number of imidazole rings is 1. The monoisotopic (exact) mass is 233 g/mol. The van der Waals surface area contributed by atoms with Gasteiger partial charge in [0.15, 0.2) is 0 Å². The first kappa shape index (κ1) is 10.1. The molecule has 3 rings (SSSR count). The number of hydrogen-bond donors (Lipinski definition) is 2. The zero-order chi connectivity index (χ0) is 10.8. The van der Waals surface area contributed by atoms with Crippen LogP contribution in [0.5, 0.6) is 0 Å². The Hall–Kier alpha value is -1.13. The minimum absolute atomic E-state index is 0.848. The summed E-state index contributed by atoms with van der Waals surface area (Å²) >= 11 is 1.71. The van der Waals surface area contributed by atoms with E-state index >= 15 is 0 Å². The van der Waals surface area contributed by atoms with Crippen LogP contribution in [0.15, 0.2) is 23.0 Å². The third kappa shape index (κ3) is 2.33. The van der Waals surface area contributed by atoms with Gasteiger partial charge in [0.05, 0.1) is 18.4 Å². The number of rotatable bonds is 5. The molecule has 1 aliphatic rings. The lowest BCUT2D eigenvalue weighted by Crippen LogP contribution is -2.16. The van der Waals surface area contributed by atoms with Gasteiger partial charge in [0.25, 0.3) is 0 Å². The van der Waals surface area contributed by atoms with Crippen LogP contribution in [-0.2, 0) is 6.54 Å². The lowest BCUT2D eigenvalue weighted by molar-refractivity contribution is 0.623. The van der Waals surface area contributed by atoms with Gasteiger partial charge >= 0.3 is 0 Å². The van der Waals surface area contributed by atoms with Gasteiger partial charge in [-0.15, -0.1) is 0 Å². The predicted octanol–water partition coefficient (Wildman–Crippen LogP) is 2.64. The van der Waals surface area contributed by atoms with Crippen LogP contribution in [0, 0.1) is 5.92 Å². The van der Waals surface area contributed by atoms with E-state index in [1.807, 2.05) is 6.20 Å². The third-order valence-electron chi connectivity index (χ3n) is 2.88. The quantitative estimate of drug-likeness (QED) is 0.833. The van der Waals surface area contributed by atoms with Crippen LogP contribution in [0.3, 0.4) is 0 Å². The molecule has 2 heterocycles. The smallest absolute Gasteiger partial charge is 0.120 e. The zero-order valence-electron chi connectivity index (χ0n) is 9.07. The summed E-state index contributed by atoms with van der Waals surface area (Å²) in [6.45, 7) is 1.98. The summed E-state index contributed by atoms with van der Waals surface area (Å²) in [6.07, 6.45) is 4.70. The van der Waals surface area contributed by atoms with E-state index in [-0.39, 0.29) is 0 Å². The van der Waals surface area contributed by atoms with Crippen molar-refractivity contribution in [2.45, 2.75) is 19.4 Å². The highest BCUT2D eigenvalue weighted by Gasteiger charge is 2.20. The van der Waals surface area contributed by atoms with E-state index in [0.29, 0.717) is 0 Å². The van der Waals surface area contributed by atoms with E-state index in [4.69, 9.17) is 0 Å². The van der Waals surface area contributed by atoms with Gasteiger partial charge in [0.1, 0.15) is 5.82 Å². The molecule has 1 aliphatic carbocycles. The number of aromatic amines is 1. The summed E-state index contributed by atoms with van der Waals surface area (Å²) in [7, 11) is 0. The largest absolute Gasteiger partial charge is 0.341 e. The lowest BCUT2D eigenvalue weighted by Gasteiger charge is -1.99. The first-order chi connectivity index (χ1) is 7.92. The standard InChI is InChI=1S/C12H15N3S/c1-2-9(1)5-13-7-12-14-6-11(15-12)10-3-4-16-8-10/h3-4,6,8-9,13H,1-2,5,7H2,(H,14,15). The fourth-order valence-corrected chi connectivity index (χ4v) is 2.39. The van der Waals surface area contributed by atoms with Gasteiger partial charge in [-0.3, -0.25) is 0 Å². The van der Waals surface area contributed by atoms with Crippen molar-refractivity contribution in [3.8, 4) is 11.3 Å². The summed E-state index contributed by atoms with van der Waals surface area (Å²) in [4.78, 5) is 7.72. The number of nitrogens with one attached hydrogen (secondary N) is 2. The van der Waals surface area contributed by atoms with Crippen LogP contribution >= 0.6 is 11.3 Å². The van der Waals surface area contributed by atoms with E-state index in [9.17, 15) is 0 Å². The Morgan fingerprint density at radius 3 is 3.19 bits per heavy atom. The average molecular weight is 233 g/mol. The first-order valence-corrected chi connectivity index (χ1v) is 6.63. The molecular formula is C12H15N3S. The maximum atomic E-state index is 4.38. The average Bonchev–Trinajstić information content (AvgIpc) is 2.83. The summed E-state index contributed by atoms with van der Waals surface area (Å²) in [5.74, 6) is 1.95. The number of nitrogens with zero attached hydrogens (tertiary/aromatic N) is 1. The minimum Gasteiger partial charge on any atom is -0.341 e. The lowest BCUT2D eigenvalue weighted by atomic mass is 10.3. The molecule has 2 aromatic heterocycles. The predicted molar refractivity (Wildman–Crippen MR) is 66.3 cm³/mol. The van der Waals surface area contributed by atoms with E-state index < -0.39 is 0 Å². The molecule has 2 aromatic rings. The van der Waals surface area contributed by atoms with Crippen molar-refractivity contribution in [2.75, 3.05) is 6.54 Å². The van der Waals surface area contributed by atoms with Crippen molar-refractivity contribution in [1.82, 2.24) is 15.3 Å². The van der Waals surface area contributed by atoms with Gasteiger partial charge in [-0.25, -0.2) is 4.98 Å². The van der Waals surface area contributed by atoms with E-state index in [0.717, 1.165) is 30.5 Å². The van der Waals surface area contributed by atoms with Crippen molar-refractivity contribution in [3.63, 3.8) is 0 Å². The second kappa shape index (κ2) is 4.39. The number of hydrogen-bond acceptors (Lipinski definition) is 3. The van der Waals surface area contributed by atoms with Crippen LogP contribution in [0.4, 0.5) is 0 Å². The number of aromatic nitrogens is 2. The second-order valence-corrected chi connectivity index (χ2v) is 5.11. The Bertz CT molecular complexity index is 443. The van der Waals surface area contributed by atoms with Crippen LogP contribution in [0.1, 0.15) is 18.7 Å². The number of thiophene rings is 1. The molecule has 3 nitrogen and oxygen atoms in total. The van der Waals surface area contributed by atoms with Crippen molar-refractivity contribution in [1.29, 1.82) is 0 Å². The SMILES string of the molecule is c1cc(-c2cnc(CNCC3CC3)[nH]2)cs1. The molecule has 1 saturated carbocycles. The molecule has 0 spiro atoms. The molecule has 0 radical (unpaired) electrons. The van der Waals surface area contributed by atoms with Gasteiger partial charge in [0.2, 0.25) is 0 Å². The molecule has 1 fully saturated rings. The van der Waals surface area contributed by atoms with E-state index in [1.165, 1.54) is 18.4 Å². The molecule has 2 N–H and O–H groups in total. The summed E-state index contributed by atoms with van der Waals surface area (Å²) < 4.78 is 0. The highest BCUT2D eigenvalue weighted by Crippen LogP contribution is 2.27. The fraction of sp³-hybridized carbons (Fsp3) is 0.417. The molecule has 0 aromatic carbocycles. The van der Waals surface area contributed by atoms with Gasteiger partial charge in [-0.2, -0.15) is 11.3 Å². The van der Waals surface area contributed by atoms with Crippen molar-refractivity contribution < 1.29 is 0 Å². The van der Waals surface area contributed by atoms with Crippen LogP contribution in [0.25, 0.3) is 11.3 Å². The maximum Gasteiger partial charge on any atom is 0.120 e. The molecule has 0 saturated heterocycles. The molecule has 0 aliphatic heterocycles. The van der Waals surface area contributed by atoms with E-state index in [2.05, 4.69) is 32.1 Å². The highest BCUT2D eigenvalue weighted by molar-refractivity contribution is 7.08. The molecule has 0 atom stereocenters. The Kier molecular flexibility index (Phi) is 2.76. The molecule has 0 bridgehead atoms. The van der Waals surface area contributed by atoms with Crippen molar-refractivity contribution in [3.05, 3.63) is 28.8 Å². The van der Waals surface area contributed by atoms with Crippen LogP contribution in [0.2, 0.25) is 0 Å². The van der Waals surface area contributed by atoms with Gasteiger partial charge in [-0.1, -0.05) is 0 Å². The summed E-state index contributed by atoms with van der Waals surface area (Å²) in [6, 6.07) is 2.11. The van der Waals surface area contributed by atoms with Gasteiger partial charge < -0.3 is 10.3 Å². The van der Waals surface area contributed by atoms with Gasteiger partial charge in [0, 0.05) is 10.9 Å². The topological polar surface area (TPSA) is 40.7 Å². The second-order valence-electron chi connectivity index (χ2n) is 4.33. The molecule has 0 unspecified atom stereocenters.